The number of hydrogen-bond acceptors (Lipinski definition) is 6. The van der Waals surface area contributed by atoms with Crippen LogP contribution in [0.4, 0.5) is 13.2 Å². The zero-order valence-electron chi connectivity index (χ0n) is 13.9. The van der Waals surface area contributed by atoms with Crippen molar-refractivity contribution in [3.63, 3.8) is 0 Å². The predicted molar refractivity (Wildman–Crippen MR) is 83.6 cm³/mol. The van der Waals surface area contributed by atoms with Crippen molar-refractivity contribution < 1.29 is 27.5 Å². The number of halogens is 3. The van der Waals surface area contributed by atoms with Crippen molar-refractivity contribution in [3.05, 3.63) is 41.5 Å². The number of benzene rings is 1. The van der Waals surface area contributed by atoms with E-state index >= 15 is 0 Å². The van der Waals surface area contributed by atoms with Crippen LogP contribution in [0.25, 0.3) is 11.4 Å². The molecule has 0 radical (unpaired) electrons. The van der Waals surface area contributed by atoms with Crippen molar-refractivity contribution in [2.75, 3.05) is 6.61 Å². The van der Waals surface area contributed by atoms with Gasteiger partial charge in [0.1, 0.15) is 6.54 Å². The van der Waals surface area contributed by atoms with Crippen molar-refractivity contribution >= 4 is 0 Å². The molecule has 0 unspecified atom stereocenters. The lowest BCUT2D eigenvalue weighted by Gasteiger charge is -2.06. The first-order valence-electron chi connectivity index (χ1n) is 7.68. The molecule has 0 saturated heterocycles. The minimum atomic E-state index is -4.52. The van der Waals surface area contributed by atoms with Crippen LogP contribution in [0, 0.1) is 6.92 Å². The molecule has 2 heterocycles. The molecule has 10 heteroatoms. The number of aromatic hydroxyl groups is 1. The fourth-order valence-electron chi connectivity index (χ4n) is 2.38. The Hall–Kier alpha value is -3.04. The second-order valence-electron chi connectivity index (χ2n) is 5.48. The summed E-state index contributed by atoms with van der Waals surface area (Å²) in [5.74, 6) is 0.572. The summed E-state index contributed by atoms with van der Waals surface area (Å²) < 4.78 is 49.9. The van der Waals surface area contributed by atoms with Gasteiger partial charge in [-0.2, -0.15) is 23.3 Å². The molecule has 0 amide bonds. The number of alkyl halides is 3. The lowest BCUT2D eigenvalue weighted by atomic mass is 10.2. The summed E-state index contributed by atoms with van der Waals surface area (Å²) in [5.41, 5.74) is -0.400. The fraction of sp³-hybridized carbons (Fsp3) is 0.312. The number of hydrogen-bond donors (Lipinski definition) is 1. The van der Waals surface area contributed by atoms with E-state index in [1.165, 1.54) is 19.2 Å². The van der Waals surface area contributed by atoms with Crippen LogP contribution >= 0.6 is 0 Å². The van der Waals surface area contributed by atoms with E-state index in [-0.39, 0.29) is 35.3 Å². The number of aryl methyl sites for hydroxylation is 1. The first-order chi connectivity index (χ1) is 12.3. The number of phenolic OH excluding ortho intramolecular Hbond substituents is 1. The van der Waals surface area contributed by atoms with Gasteiger partial charge in [-0.25, -0.2) is 0 Å². The molecule has 0 aliphatic heterocycles. The summed E-state index contributed by atoms with van der Waals surface area (Å²) in [4.78, 5) is 4.15. The largest absolute Gasteiger partial charge is 0.504 e. The van der Waals surface area contributed by atoms with Crippen molar-refractivity contribution in [1.82, 2.24) is 19.9 Å². The van der Waals surface area contributed by atoms with Gasteiger partial charge in [-0.05, 0) is 37.6 Å². The highest BCUT2D eigenvalue weighted by atomic mass is 19.4. The van der Waals surface area contributed by atoms with Gasteiger partial charge in [0.2, 0.25) is 11.7 Å². The van der Waals surface area contributed by atoms with Gasteiger partial charge in [0, 0.05) is 11.8 Å². The Morgan fingerprint density at radius 2 is 2.08 bits per heavy atom. The van der Waals surface area contributed by atoms with Crippen molar-refractivity contribution in [3.8, 4) is 22.9 Å². The number of nitrogens with zero attached hydrogens (tertiary/aromatic N) is 4. The van der Waals surface area contributed by atoms with Crippen LogP contribution in [0.15, 0.2) is 28.9 Å². The highest BCUT2D eigenvalue weighted by molar-refractivity contribution is 5.60. The predicted octanol–water partition coefficient (Wildman–Crippen LogP) is 3.41. The SMILES string of the molecule is CCOc1cc(-c2noc(Cn3cc(C)c(C(F)(F)F)n3)n2)ccc1O. The monoisotopic (exact) mass is 368 g/mol. The minimum absolute atomic E-state index is 0.0112. The molecule has 0 atom stereocenters. The third-order valence-electron chi connectivity index (χ3n) is 3.50. The summed E-state index contributed by atoms with van der Waals surface area (Å²) in [5, 5.41) is 17.0. The number of phenols is 1. The van der Waals surface area contributed by atoms with Crippen molar-refractivity contribution in [1.29, 1.82) is 0 Å². The van der Waals surface area contributed by atoms with Crippen LogP contribution in [-0.2, 0) is 12.7 Å². The Morgan fingerprint density at radius 3 is 2.73 bits per heavy atom. The second-order valence-corrected chi connectivity index (χ2v) is 5.48. The molecular weight excluding hydrogens is 353 g/mol. The van der Waals surface area contributed by atoms with Crippen LogP contribution < -0.4 is 4.74 Å². The van der Waals surface area contributed by atoms with Crippen LogP contribution in [-0.4, -0.2) is 31.6 Å². The molecule has 1 N–H and O–H groups in total. The Kier molecular flexibility index (Phi) is 4.58. The molecule has 3 aromatic rings. The molecule has 3 rings (SSSR count). The smallest absolute Gasteiger partial charge is 0.435 e. The zero-order chi connectivity index (χ0) is 18.9. The molecule has 0 aliphatic rings. The van der Waals surface area contributed by atoms with Gasteiger partial charge in [-0.15, -0.1) is 0 Å². The molecule has 0 saturated carbocycles. The van der Waals surface area contributed by atoms with E-state index in [1.807, 2.05) is 0 Å². The van der Waals surface area contributed by atoms with E-state index in [4.69, 9.17) is 9.26 Å². The van der Waals surface area contributed by atoms with E-state index in [1.54, 1.807) is 19.1 Å². The summed E-state index contributed by atoms with van der Waals surface area (Å²) in [6.07, 6.45) is -3.25. The van der Waals surface area contributed by atoms with Crippen LogP contribution in [0.2, 0.25) is 0 Å². The third-order valence-corrected chi connectivity index (χ3v) is 3.50. The van der Waals surface area contributed by atoms with E-state index in [9.17, 15) is 18.3 Å². The third kappa shape index (κ3) is 3.63. The number of ether oxygens (including phenoxy) is 1. The minimum Gasteiger partial charge on any atom is -0.504 e. The highest BCUT2D eigenvalue weighted by Gasteiger charge is 2.36. The average molecular weight is 368 g/mol. The second kappa shape index (κ2) is 6.70. The lowest BCUT2D eigenvalue weighted by molar-refractivity contribution is -0.141. The van der Waals surface area contributed by atoms with E-state index in [2.05, 4.69) is 15.2 Å². The Balaban J connectivity index is 1.82. The fourth-order valence-corrected chi connectivity index (χ4v) is 2.38. The summed E-state index contributed by atoms with van der Waals surface area (Å²) in [6, 6.07) is 4.56. The first kappa shape index (κ1) is 17.8. The molecule has 0 bridgehead atoms. The zero-order valence-corrected chi connectivity index (χ0v) is 13.9. The topological polar surface area (TPSA) is 86.2 Å². The molecule has 0 fully saturated rings. The van der Waals surface area contributed by atoms with Gasteiger partial charge in [-0.1, -0.05) is 5.16 Å². The molecular formula is C16H15F3N4O3. The van der Waals surface area contributed by atoms with Gasteiger partial charge in [-0.3, -0.25) is 4.68 Å². The quantitative estimate of drug-likeness (QED) is 0.743. The molecule has 138 valence electrons. The molecule has 1 aromatic carbocycles. The normalized spacial score (nSPS) is 11.7. The van der Waals surface area contributed by atoms with E-state index in [0.717, 1.165) is 4.68 Å². The maximum absolute atomic E-state index is 12.8. The Morgan fingerprint density at radius 1 is 1.31 bits per heavy atom. The van der Waals surface area contributed by atoms with Gasteiger partial charge in [0.15, 0.2) is 17.2 Å². The van der Waals surface area contributed by atoms with Crippen LogP contribution in [0.5, 0.6) is 11.5 Å². The van der Waals surface area contributed by atoms with Gasteiger partial charge in [0.25, 0.3) is 0 Å². The van der Waals surface area contributed by atoms with Gasteiger partial charge < -0.3 is 14.4 Å². The molecule has 0 aliphatic carbocycles. The maximum atomic E-state index is 12.8. The average Bonchev–Trinajstić information content (AvgIpc) is 3.16. The Labute approximate surface area is 146 Å². The molecule has 7 nitrogen and oxygen atoms in total. The summed E-state index contributed by atoms with van der Waals surface area (Å²) >= 11 is 0. The van der Waals surface area contributed by atoms with Gasteiger partial charge in [0.05, 0.1) is 6.61 Å². The molecule has 0 spiro atoms. The van der Waals surface area contributed by atoms with Gasteiger partial charge >= 0.3 is 6.18 Å². The van der Waals surface area contributed by atoms with Crippen LogP contribution in [0.1, 0.15) is 24.1 Å². The maximum Gasteiger partial charge on any atom is 0.435 e. The number of aromatic nitrogens is 4. The lowest BCUT2D eigenvalue weighted by Crippen LogP contribution is -2.09. The summed E-state index contributed by atoms with van der Waals surface area (Å²) in [6.45, 7) is 3.38. The standard InChI is InChI=1S/C16H15F3N4O3/c1-3-25-12-6-10(4-5-11(12)24)15-20-13(26-22-15)8-23-7-9(2)14(21-23)16(17,18)19/h4-7,24H,3,8H2,1-2H3. The first-order valence-corrected chi connectivity index (χ1v) is 7.68. The highest BCUT2D eigenvalue weighted by Crippen LogP contribution is 2.31. The van der Waals surface area contributed by atoms with E-state index < -0.39 is 11.9 Å². The molecule has 2 aromatic heterocycles. The Bertz CT molecular complexity index is 918. The van der Waals surface area contributed by atoms with Crippen molar-refractivity contribution in [2.24, 2.45) is 0 Å². The summed E-state index contributed by atoms with van der Waals surface area (Å²) in [7, 11) is 0. The number of rotatable bonds is 5. The molecule has 26 heavy (non-hydrogen) atoms. The van der Waals surface area contributed by atoms with Crippen molar-refractivity contribution in [2.45, 2.75) is 26.6 Å². The van der Waals surface area contributed by atoms with Crippen LogP contribution in [0.3, 0.4) is 0 Å². The van der Waals surface area contributed by atoms with E-state index in [0.29, 0.717) is 12.2 Å².